The van der Waals surface area contributed by atoms with Gasteiger partial charge < -0.3 is 24.9 Å². The van der Waals surface area contributed by atoms with Crippen molar-refractivity contribution in [3.63, 3.8) is 0 Å². The Morgan fingerprint density at radius 1 is 0.950 bits per heavy atom. The number of benzene rings is 1. The molecule has 1 spiro atoms. The molecule has 9 heteroatoms. The van der Waals surface area contributed by atoms with Crippen LogP contribution in [-0.4, -0.2) is 82.0 Å². The highest BCUT2D eigenvalue weighted by molar-refractivity contribution is 5.94. The van der Waals surface area contributed by atoms with Crippen LogP contribution in [0.2, 0.25) is 0 Å². The van der Waals surface area contributed by atoms with E-state index >= 15 is 0 Å². The van der Waals surface area contributed by atoms with Crippen LogP contribution < -0.4 is 15.1 Å². The molecule has 0 bridgehead atoms. The van der Waals surface area contributed by atoms with Gasteiger partial charge in [0, 0.05) is 63.5 Å². The van der Waals surface area contributed by atoms with Gasteiger partial charge in [-0.05, 0) is 44.0 Å². The number of anilines is 4. The molecule has 5 heterocycles. The topological polar surface area (TPSA) is 80.7 Å². The number of fused-ring (bicyclic) bond motifs is 1. The third-order valence-electron chi connectivity index (χ3n) is 9.26. The molecule has 0 radical (unpaired) electrons. The fourth-order valence-corrected chi connectivity index (χ4v) is 7.07. The Morgan fingerprint density at radius 3 is 2.50 bits per heavy atom. The van der Waals surface area contributed by atoms with Crippen molar-refractivity contribution in [3.05, 3.63) is 66.0 Å². The minimum absolute atomic E-state index is 0.233. The summed E-state index contributed by atoms with van der Waals surface area (Å²) in [7, 11) is 2.16. The van der Waals surface area contributed by atoms with Crippen molar-refractivity contribution in [1.29, 1.82) is 0 Å². The summed E-state index contributed by atoms with van der Waals surface area (Å²) in [6.07, 6.45) is 9.98. The molecule has 7 rings (SSSR count). The predicted molar refractivity (Wildman–Crippen MR) is 157 cm³/mol. The van der Waals surface area contributed by atoms with Gasteiger partial charge in [0.2, 0.25) is 11.9 Å². The fourth-order valence-electron chi connectivity index (χ4n) is 7.07. The number of likely N-dealkylation sites (tertiary alicyclic amines) is 1. The zero-order chi connectivity index (χ0) is 27.1. The first kappa shape index (κ1) is 25.3. The lowest BCUT2D eigenvalue weighted by Crippen LogP contribution is -2.56. The molecule has 1 atom stereocenters. The molecule has 2 saturated heterocycles. The van der Waals surface area contributed by atoms with Crippen molar-refractivity contribution in [3.8, 4) is 0 Å². The van der Waals surface area contributed by atoms with Gasteiger partial charge in [-0.1, -0.05) is 43.2 Å². The van der Waals surface area contributed by atoms with Crippen molar-refractivity contribution in [2.45, 2.75) is 56.7 Å². The molecule has 40 heavy (non-hydrogen) atoms. The lowest BCUT2D eigenvalue weighted by molar-refractivity contribution is -0.132. The molecule has 3 aromatic rings. The second-order valence-electron chi connectivity index (χ2n) is 11.8. The lowest BCUT2D eigenvalue weighted by Gasteiger charge is -2.39. The summed E-state index contributed by atoms with van der Waals surface area (Å²) in [5.74, 6) is 2.42. The molecule has 4 aliphatic rings. The molecule has 9 nitrogen and oxygen atoms in total. The normalized spacial score (nSPS) is 23.4. The number of nitrogens with one attached hydrogen (secondary N) is 1. The van der Waals surface area contributed by atoms with Crippen LogP contribution in [0.4, 0.5) is 23.3 Å². The second-order valence-corrected chi connectivity index (χ2v) is 11.8. The van der Waals surface area contributed by atoms with Crippen molar-refractivity contribution in [2.24, 2.45) is 0 Å². The largest absolute Gasteiger partial charge is 0.368 e. The van der Waals surface area contributed by atoms with Crippen molar-refractivity contribution < 1.29 is 4.79 Å². The van der Waals surface area contributed by atoms with E-state index in [1.54, 1.807) is 0 Å². The molecule has 1 amide bonds. The average Bonchev–Trinajstić information content (AvgIpc) is 3.69. The molecule has 3 aliphatic heterocycles. The predicted octanol–water partition coefficient (Wildman–Crippen LogP) is 3.84. The number of hydrogen-bond donors (Lipinski definition) is 1. The number of amides is 1. The highest BCUT2D eigenvalue weighted by Gasteiger charge is 2.57. The standard InChI is InChI=1S/C31H38N8O/c1-36-15-17-37(18-16-36)26-11-12-27(32-21-26)34-30-33-20-24-19-31(39(28(24)35-30)25-9-5-6-10-25)13-14-38(29(31)40)22-23-7-3-2-4-8-23/h2-4,7-8,11-12,20-21,25H,5-6,9-10,13-19,22H2,1H3,(H,32,33,34,35). The van der Waals surface area contributed by atoms with Gasteiger partial charge in [-0.25, -0.2) is 9.97 Å². The Labute approximate surface area is 236 Å². The van der Waals surface area contributed by atoms with E-state index < -0.39 is 5.54 Å². The van der Waals surface area contributed by atoms with E-state index in [0.29, 0.717) is 25.0 Å². The molecular weight excluding hydrogens is 500 g/mol. The van der Waals surface area contributed by atoms with Gasteiger partial charge in [0.15, 0.2) is 0 Å². The fraction of sp³-hybridized carbons (Fsp3) is 0.484. The maximum Gasteiger partial charge on any atom is 0.249 e. The molecular formula is C31H38N8O. The Morgan fingerprint density at radius 2 is 1.75 bits per heavy atom. The van der Waals surface area contributed by atoms with Crippen LogP contribution in [0.25, 0.3) is 0 Å². The van der Waals surface area contributed by atoms with Gasteiger partial charge in [0.05, 0.1) is 11.9 Å². The molecule has 3 fully saturated rings. The Bertz CT molecular complexity index is 1350. The number of aromatic nitrogens is 3. The van der Waals surface area contributed by atoms with Crippen molar-refractivity contribution >= 4 is 29.2 Å². The number of rotatable bonds is 6. The van der Waals surface area contributed by atoms with Crippen LogP contribution >= 0.6 is 0 Å². The van der Waals surface area contributed by atoms with E-state index in [2.05, 4.69) is 55.2 Å². The van der Waals surface area contributed by atoms with E-state index in [1.807, 2.05) is 41.6 Å². The zero-order valence-electron chi connectivity index (χ0n) is 23.3. The van der Waals surface area contributed by atoms with Crippen LogP contribution in [0.5, 0.6) is 0 Å². The lowest BCUT2D eigenvalue weighted by atomic mass is 9.91. The number of likely N-dealkylation sites (N-methyl/N-ethyl adjacent to an activating group) is 1. The molecule has 208 valence electrons. The van der Waals surface area contributed by atoms with Crippen LogP contribution in [0.3, 0.4) is 0 Å². The minimum Gasteiger partial charge on any atom is -0.368 e. The summed E-state index contributed by atoms with van der Waals surface area (Å²) in [5.41, 5.74) is 2.84. The summed E-state index contributed by atoms with van der Waals surface area (Å²) in [5, 5.41) is 3.33. The zero-order valence-corrected chi connectivity index (χ0v) is 23.3. The number of hydrogen-bond acceptors (Lipinski definition) is 8. The minimum atomic E-state index is -0.554. The summed E-state index contributed by atoms with van der Waals surface area (Å²) in [6.45, 7) is 5.58. The van der Waals surface area contributed by atoms with E-state index in [9.17, 15) is 4.79 Å². The van der Waals surface area contributed by atoms with Gasteiger partial charge in [-0.2, -0.15) is 4.98 Å². The van der Waals surface area contributed by atoms with Gasteiger partial charge in [0.1, 0.15) is 17.2 Å². The SMILES string of the molecule is CN1CCN(c2ccc(Nc3ncc4c(n3)N(C3CCCC3)C3(CCN(Cc5ccccc5)C3=O)C4)nc2)CC1. The van der Waals surface area contributed by atoms with E-state index in [1.165, 1.54) is 18.4 Å². The summed E-state index contributed by atoms with van der Waals surface area (Å²) >= 11 is 0. The first-order valence-electron chi connectivity index (χ1n) is 14.7. The van der Waals surface area contributed by atoms with Gasteiger partial charge in [-0.3, -0.25) is 4.79 Å². The third kappa shape index (κ3) is 4.56. The monoisotopic (exact) mass is 538 g/mol. The highest BCUT2D eigenvalue weighted by atomic mass is 16.2. The summed E-state index contributed by atoms with van der Waals surface area (Å²) < 4.78 is 0. The number of pyridine rings is 1. The molecule has 1 unspecified atom stereocenters. The third-order valence-corrected chi connectivity index (χ3v) is 9.26. The average molecular weight is 539 g/mol. The Balaban J connectivity index is 1.12. The first-order valence-corrected chi connectivity index (χ1v) is 14.7. The molecule has 1 aromatic carbocycles. The van der Waals surface area contributed by atoms with E-state index in [-0.39, 0.29) is 5.91 Å². The quantitative estimate of drug-likeness (QED) is 0.507. The maximum absolute atomic E-state index is 14.1. The Kier molecular flexibility index (Phi) is 6.54. The van der Waals surface area contributed by atoms with E-state index in [4.69, 9.17) is 4.98 Å². The summed E-state index contributed by atoms with van der Waals surface area (Å²) in [4.78, 5) is 37.7. The summed E-state index contributed by atoms with van der Waals surface area (Å²) in [6, 6.07) is 14.8. The number of carbonyl (C=O) groups is 1. The molecule has 2 aromatic heterocycles. The van der Waals surface area contributed by atoms with Crippen LogP contribution in [0, 0.1) is 0 Å². The van der Waals surface area contributed by atoms with E-state index in [0.717, 1.165) is 74.9 Å². The second kappa shape index (κ2) is 10.4. The van der Waals surface area contributed by atoms with Gasteiger partial charge >= 0.3 is 0 Å². The Hall–Kier alpha value is -3.72. The van der Waals surface area contributed by atoms with Gasteiger partial charge in [0.25, 0.3) is 0 Å². The van der Waals surface area contributed by atoms with Crippen LogP contribution in [-0.2, 0) is 17.8 Å². The van der Waals surface area contributed by atoms with Gasteiger partial charge in [-0.15, -0.1) is 0 Å². The number of nitrogens with zero attached hydrogens (tertiary/aromatic N) is 7. The van der Waals surface area contributed by atoms with Crippen molar-refractivity contribution in [2.75, 3.05) is 54.9 Å². The molecule has 1 aliphatic carbocycles. The molecule has 1 N–H and O–H groups in total. The maximum atomic E-state index is 14.1. The first-order chi connectivity index (χ1) is 19.6. The van der Waals surface area contributed by atoms with Crippen LogP contribution in [0.15, 0.2) is 54.9 Å². The van der Waals surface area contributed by atoms with Crippen LogP contribution in [0.1, 0.15) is 43.2 Å². The molecule has 1 saturated carbocycles. The highest BCUT2D eigenvalue weighted by Crippen LogP contribution is 2.47. The smallest absolute Gasteiger partial charge is 0.249 e. The number of carbonyl (C=O) groups excluding carboxylic acids is 1. The van der Waals surface area contributed by atoms with Crippen molar-refractivity contribution in [1.82, 2.24) is 24.8 Å². The number of piperazine rings is 1.